The zero-order chi connectivity index (χ0) is 11.7. The van der Waals surface area contributed by atoms with Gasteiger partial charge in [-0.3, -0.25) is 0 Å². The first-order valence-electron chi connectivity index (χ1n) is 4.44. The third kappa shape index (κ3) is 1.97. The van der Waals surface area contributed by atoms with E-state index in [1.807, 2.05) is 0 Å². The minimum atomic E-state index is -0.664. The van der Waals surface area contributed by atoms with E-state index < -0.39 is 11.6 Å². The molecule has 0 aliphatic carbocycles. The summed E-state index contributed by atoms with van der Waals surface area (Å²) in [7, 11) is 0. The summed E-state index contributed by atoms with van der Waals surface area (Å²) in [5, 5.41) is 0.237. The van der Waals surface area contributed by atoms with Gasteiger partial charge in [0.05, 0.1) is 5.02 Å². The van der Waals surface area contributed by atoms with Crippen molar-refractivity contribution in [3.63, 3.8) is 0 Å². The van der Waals surface area contributed by atoms with Crippen molar-refractivity contribution < 1.29 is 8.78 Å². The third-order valence-corrected chi connectivity index (χ3v) is 2.41. The van der Waals surface area contributed by atoms with Gasteiger partial charge in [0, 0.05) is 23.4 Å². The molecule has 0 amide bonds. The molecule has 2 N–H and O–H groups in total. The van der Waals surface area contributed by atoms with Gasteiger partial charge in [-0.05, 0) is 18.2 Å². The monoisotopic (exact) mass is 240 g/mol. The molecule has 2 aromatic rings. The van der Waals surface area contributed by atoms with Crippen LogP contribution in [0.5, 0.6) is 0 Å². The van der Waals surface area contributed by atoms with Gasteiger partial charge in [-0.2, -0.15) is 0 Å². The number of halogens is 3. The van der Waals surface area contributed by atoms with Crippen molar-refractivity contribution in [3.05, 3.63) is 47.1 Å². The molecule has 0 saturated heterocycles. The number of anilines is 1. The Hall–Kier alpha value is -1.68. The average Bonchev–Trinajstić information content (AvgIpc) is 2.22. The standard InChI is InChI=1S/C11H7ClF2N2/c12-9-3-6(5-16-11(9)15)8-2-1-7(13)4-10(8)14/h1-5H,(H2,15,16). The van der Waals surface area contributed by atoms with Gasteiger partial charge in [-0.25, -0.2) is 13.8 Å². The molecule has 0 radical (unpaired) electrons. The number of hydrogen-bond acceptors (Lipinski definition) is 2. The van der Waals surface area contributed by atoms with E-state index >= 15 is 0 Å². The Morgan fingerprint density at radius 2 is 1.94 bits per heavy atom. The van der Waals surface area contributed by atoms with Gasteiger partial charge in [0.1, 0.15) is 17.5 Å². The number of benzene rings is 1. The first-order valence-corrected chi connectivity index (χ1v) is 4.82. The number of hydrogen-bond donors (Lipinski definition) is 1. The zero-order valence-electron chi connectivity index (χ0n) is 8.05. The van der Waals surface area contributed by atoms with Crippen molar-refractivity contribution in [1.29, 1.82) is 0 Å². The molecule has 1 heterocycles. The number of nitrogen functional groups attached to an aromatic ring is 1. The maximum atomic E-state index is 13.4. The minimum absolute atomic E-state index is 0.174. The average molecular weight is 241 g/mol. The van der Waals surface area contributed by atoms with Crippen LogP contribution in [0.4, 0.5) is 14.6 Å². The summed E-state index contributed by atoms with van der Waals surface area (Å²) in [6.45, 7) is 0. The lowest BCUT2D eigenvalue weighted by Crippen LogP contribution is -1.93. The highest BCUT2D eigenvalue weighted by Gasteiger charge is 2.08. The van der Waals surface area contributed by atoms with Crippen LogP contribution in [0.3, 0.4) is 0 Å². The second kappa shape index (κ2) is 4.06. The number of nitrogens with zero attached hydrogens (tertiary/aromatic N) is 1. The molecule has 0 aliphatic heterocycles. The number of rotatable bonds is 1. The Bertz CT molecular complexity index is 544. The van der Waals surface area contributed by atoms with Gasteiger partial charge < -0.3 is 5.73 Å². The van der Waals surface area contributed by atoms with Gasteiger partial charge in [0.2, 0.25) is 0 Å². The summed E-state index contributed by atoms with van der Waals surface area (Å²) in [4.78, 5) is 3.80. The van der Waals surface area contributed by atoms with E-state index in [2.05, 4.69) is 4.98 Å². The van der Waals surface area contributed by atoms with E-state index in [-0.39, 0.29) is 16.4 Å². The van der Waals surface area contributed by atoms with Crippen LogP contribution in [0.15, 0.2) is 30.5 Å². The van der Waals surface area contributed by atoms with Crippen molar-refractivity contribution in [2.75, 3.05) is 5.73 Å². The predicted molar refractivity (Wildman–Crippen MR) is 59.0 cm³/mol. The molecule has 1 aromatic carbocycles. The summed E-state index contributed by atoms with van der Waals surface area (Å²) >= 11 is 5.76. The fourth-order valence-electron chi connectivity index (χ4n) is 1.32. The number of pyridine rings is 1. The summed E-state index contributed by atoms with van der Waals surface area (Å²) in [5.74, 6) is -1.12. The Labute approximate surface area is 95.7 Å². The summed E-state index contributed by atoms with van der Waals surface area (Å²) in [6, 6.07) is 4.79. The van der Waals surface area contributed by atoms with Crippen molar-refractivity contribution in [2.24, 2.45) is 0 Å². The molecule has 0 aliphatic rings. The number of nitrogens with two attached hydrogens (primary N) is 1. The zero-order valence-corrected chi connectivity index (χ0v) is 8.80. The molecule has 0 fully saturated rings. The van der Waals surface area contributed by atoms with E-state index in [1.165, 1.54) is 24.4 Å². The van der Waals surface area contributed by atoms with Crippen LogP contribution in [0.25, 0.3) is 11.1 Å². The van der Waals surface area contributed by atoms with Crippen molar-refractivity contribution >= 4 is 17.4 Å². The number of aromatic nitrogens is 1. The summed E-state index contributed by atoms with van der Waals surface area (Å²) in [5.41, 5.74) is 6.12. The normalized spacial score (nSPS) is 10.4. The van der Waals surface area contributed by atoms with E-state index in [0.29, 0.717) is 5.56 Å². The van der Waals surface area contributed by atoms with Crippen LogP contribution < -0.4 is 5.73 Å². The second-order valence-corrected chi connectivity index (χ2v) is 3.62. The Kier molecular flexibility index (Phi) is 2.75. The van der Waals surface area contributed by atoms with E-state index in [9.17, 15) is 8.78 Å². The highest BCUT2D eigenvalue weighted by molar-refractivity contribution is 6.33. The molecule has 2 nitrogen and oxygen atoms in total. The van der Waals surface area contributed by atoms with Crippen LogP contribution in [0, 0.1) is 11.6 Å². The van der Waals surface area contributed by atoms with Crippen LogP contribution in [0.1, 0.15) is 0 Å². The molecule has 5 heteroatoms. The molecule has 1 aromatic heterocycles. The van der Waals surface area contributed by atoms with Crippen LogP contribution in [-0.4, -0.2) is 4.98 Å². The van der Waals surface area contributed by atoms with E-state index in [1.54, 1.807) is 0 Å². The smallest absolute Gasteiger partial charge is 0.142 e. The molecular weight excluding hydrogens is 234 g/mol. The van der Waals surface area contributed by atoms with Gasteiger partial charge in [-0.1, -0.05) is 11.6 Å². The first-order chi connectivity index (χ1) is 7.58. The lowest BCUT2D eigenvalue weighted by molar-refractivity contribution is 0.585. The first kappa shape index (κ1) is 10.8. The molecular formula is C11H7ClF2N2. The molecule has 2 rings (SSSR count). The summed E-state index contributed by atoms with van der Waals surface area (Å²) in [6.07, 6.45) is 1.39. The van der Waals surface area contributed by atoms with Gasteiger partial charge in [0.15, 0.2) is 0 Å². The van der Waals surface area contributed by atoms with Crippen molar-refractivity contribution in [1.82, 2.24) is 4.98 Å². The van der Waals surface area contributed by atoms with Crippen molar-refractivity contribution in [3.8, 4) is 11.1 Å². The highest BCUT2D eigenvalue weighted by atomic mass is 35.5. The fourth-order valence-corrected chi connectivity index (χ4v) is 1.49. The third-order valence-electron chi connectivity index (χ3n) is 2.11. The second-order valence-electron chi connectivity index (χ2n) is 3.22. The molecule has 16 heavy (non-hydrogen) atoms. The Morgan fingerprint density at radius 3 is 2.56 bits per heavy atom. The van der Waals surface area contributed by atoms with E-state index in [0.717, 1.165) is 6.07 Å². The molecule has 0 bridgehead atoms. The SMILES string of the molecule is Nc1ncc(-c2ccc(F)cc2F)cc1Cl. The molecule has 0 spiro atoms. The highest BCUT2D eigenvalue weighted by Crippen LogP contribution is 2.27. The topological polar surface area (TPSA) is 38.9 Å². The molecule has 82 valence electrons. The predicted octanol–water partition coefficient (Wildman–Crippen LogP) is 3.26. The maximum absolute atomic E-state index is 13.4. The molecule has 0 atom stereocenters. The van der Waals surface area contributed by atoms with E-state index in [4.69, 9.17) is 17.3 Å². The minimum Gasteiger partial charge on any atom is -0.382 e. The lowest BCUT2D eigenvalue weighted by atomic mass is 10.1. The molecule has 0 unspecified atom stereocenters. The largest absolute Gasteiger partial charge is 0.382 e. The van der Waals surface area contributed by atoms with Crippen LogP contribution in [-0.2, 0) is 0 Å². The van der Waals surface area contributed by atoms with Crippen LogP contribution >= 0.6 is 11.6 Å². The van der Waals surface area contributed by atoms with Gasteiger partial charge in [-0.15, -0.1) is 0 Å². The summed E-state index contributed by atoms with van der Waals surface area (Å²) < 4.78 is 26.1. The Morgan fingerprint density at radius 1 is 1.19 bits per heavy atom. The van der Waals surface area contributed by atoms with Gasteiger partial charge >= 0.3 is 0 Å². The quantitative estimate of drug-likeness (QED) is 0.831. The molecule has 0 saturated carbocycles. The Balaban J connectivity index is 2.54. The van der Waals surface area contributed by atoms with Crippen LogP contribution in [0.2, 0.25) is 5.02 Å². The fraction of sp³-hybridized carbons (Fsp3) is 0. The maximum Gasteiger partial charge on any atom is 0.142 e. The van der Waals surface area contributed by atoms with Crippen molar-refractivity contribution in [2.45, 2.75) is 0 Å². The van der Waals surface area contributed by atoms with Gasteiger partial charge in [0.25, 0.3) is 0 Å². The lowest BCUT2D eigenvalue weighted by Gasteiger charge is -2.04.